The second-order valence-electron chi connectivity index (χ2n) is 24.0. The number of nitrogens with zero attached hydrogens (tertiary/aromatic N) is 2. The summed E-state index contributed by atoms with van der Waals surface area (Å²) in [5.41, 5.74) is 1.33. The number of urea groups is 1. The average Bonchev–Trinajstić information content (AvgIpc) is 1.57. The van der Waals surface area contributed by atoms with Crippen molar-refractivity contribution in [2.45, 2.75) is 173 Å². The number of epoxide rings is 1. The first kappa shape index (κ1) is 73.5. The maximum atomic E-state index is 16.2. The number of carbonyl (C=O) groups excluding carboxylic acids is 9. The van der Waals surface area contributed by atoms with Gasteiger partial charge in [0.15, 0.2) is 5.72 Å². The predicted molar refractivity (Wildman–Crippen MR) is 332 cm³/mol. The summed E-state index contributed by atoms with van der Waals surface area (Å²) in [7, 11) is 5.38. The molecule has 90 heavy (non-hydrogen) atoms. The summed E-state index contributed by atoms with van der Waals surface area (Å²) < 4.78 is 67.1. The number of hydrogen-bond acceptors (Lipinski definition) is 16. The summed E-state index contributed by atoms with van der Waals surface area (Å²) in [6.45, 7) is 16.8. The summed E-state index contributed by atoms with van der Waals surface area (Å²) in [5, 5.41) is 24.6. The zero-order valence-corrected chi connectivity index (χ0v) is 55.1. The number of methoxy groups -OCH3 is 2. The van der Waals surface area contributed by atoms with Crippen molar-refractivity contribution in [1.82, 2.24) is 26.2 Å². The third-order valence-corrected chi connectivity index (χ3v) is 17.2. The molecule has 2 aromatic carbocycles. The Labute approximate surface area is 536 Å². The Morgan fingerprint density at radius 3 is 2.36 bits per heavy atom. The van der Waals surface area contributed by atoms with Gasteiger partial charge in [-0.25, -0.2) is 28.0 Å². The highest BCUT2D eigenvalue weighted by molar-refractivity contribution is 9.09. The average molecular weight is 1350 g/mol. The molecule has 24 nitrogen and oxygen atoms in total. The Morgan fingerprint density at radius 1 is 1.03 bits per heavy atom. The van der Waals surface area contributed by atoms with Gasteiger partial charge in [-0.05, 0) is 103 Å². The van der Waals surface area contributed by atoms with Crippen LogP contribution in [0.3, 0.4) is 0 Å². The number of nitrogens with one attached hydrogen (secondary N) is 5. The molecule has 2 saturated heterocycles. The van der Waals surface area contributed by atoms with E-state index < -0.39 is 154 Å². The monoisotopic (exact) mass is 1350 g/mol. The van der Waals surface area contributed by atoms with Gasteiger partial charge in [0.25, 0.3) is 5.91 Å². The molecular weight excluding hydrogens is 1270 g/mol. The molecule has 3 aliphatic heterocycles. The number of halogens is 4. The molecule has 0 spiro atoms. The maximum absolute atomic E-state index is 16.2. The number of anilines is 2. The largest absolute Gasteiger partial charge is 0.495 e. The van der Waals surface area contributed by atoms with E-state index in [-0.39, 0.29) is 59.6 Å². The van der Waals surface area contributed by atoms with Crippen LogP contribution < -0.4 is 42.0 Å². The molecule has 0 aliphatic carbocycles. The van der Waals surface area contributed by atoms with E-state index in [9.17, 15) is 48.3 Å². The van der Waals surface area contributed by atoms with Crippen LogP contribution in [0.25, 0.3) is 0 Å². The van der Waals surface area contributed by atoms with Crippen molar-refractivity contribution >= 4 is 92.5 Å². The Hall–Kier alpha value is -7.20. The van der Waals surface area contributed by atoms with Crippen molar-refractivity contribution in [2.75, 3.05) is 50.4 Å². The number of nitrogens with two attached hydrogens (primary N) is 1. The lowest BCUT2D eigenvalue weighted by Crippen LogP contribution is -2.63. The zero-order chi connectivity index (χ0) is 67.3. The number of esters is 2. The van der Waals surface area contributed by atoms with Crippen molar-refractivity contribution in [3.05, 3.63) is 88.0 Å². The summed E-state index contributed by atoms with van der Waals surface area (Å²) in [6, 6.07) is -0.600. The van der Waals surface area contributed by atoms with Crippen LogP contribution in [0.15, 0.2) is 60.2 Å². The first-order valence-corrected chi connectivity index (χ1v) is 30.9. The first-order valence-electron chi connectivity index (χ1n) is 29.4. The number of benzene rings is 2. The number of fused-ring (bicyclic) bond motifs is 5. The zero-order valence-electron chi connectivity index (χ0n) is 52.8. The second-order valence-corrected chi connectivity index (χ2v) is 24.9. The normalized spacial score (nSPS) is 23.8. The Morgan fingerprint density at radius 2 is 1.72 bits per heavy atom. The predicted octanol–water partition coefficient (Wildman–Crippen LogP) is 6.95. The van der Waals surface area contributed by atoms with Crippen LogP contribution in [0, 0.1) is 23.5 Å². The number of amides is 8. The highest BCUT2D eigenvalue weighted by Crippen LogP contribution is 2.49. The van der Waals surface area contributed by atoms with Crippen molar-refractivity contribution < 1.29 is 85.5 Å². The van der Waals surface area contributed by atoms with Crippen LogP contribution in [-0.2, 0) is 58.9 Å². The topological polar surface area (TPSA) is 325 Å². The van der Waals surface area contributed by atoms with E-state index in [0.29, 0.717) is 43.4 Å². The molecule has 28 heteroatoms. The fourth-order valence-electron chi connectivity index (χ4n) is 10.5. The Kier molecular flexibility index (Phi) is 25.9. The standard InChI is InChI=1S/C62H84BrClF2N8O16/c1-32(2)51(71-48(75)21-14-15-22-60(7,8)90-56(80)34(4)31-63)54(78)69-41(19-17-23-68-58(67)82)53(77)70-42-28-39(65)38(27-40(42)66)55(79)73(10)36(6)57(81)88-47-29-49(76)74(11)43-25-37(26-44(85-12)50(43)64)24-33(3)18-16-20-46(86-13)62(84)30-45(87-59(83)72-62)35(5)52-61(47,9)89-52/h16,18,20,25-28,32,35-36,41,45-47,51-52,84H,4,14-15,17,19,21-24,29-31H2,1-3,5-13H3,(H,69,78)(H,70,77)(H,71,75)(H,72,83)(H3,67,68,82)/b20-16+,33-18+/t35-,36+,41+,45+,46-,47+,51+,52+,61+,62+/m1/s1. The number of alkyl halides is 1. The van der Waals surface area contributed by atoms with Gasteiger partial charge in [-0.2, -0.15) is 0 Å². The molecule has 0 unspecified atom stereocenters. The molecule has 0 radical (unpaired) electrons. The van der Waals surface area contributed by atoms with Crippen LogP contribution in [-0.4, -0.2) is 163 Å². The Balaban J connectivity index is 1.34. The number of unbranched alkanes of at least 4 members (excludes halogenated alkanes) is 1. The number of carbonyl (C=O) groups is 9. The minimum absolute atomic E-state index is 0.000673. The van der Waals surface area contributed by atoms with Gasteiger partial charge in [-0.1, -0.05) is 78.7 Å². The molecule has 0 saturated carbocycles. The molecule has 2 fully saturated rings. The quantitative estimate of drug-likeness (QED) is 0.0140. The van der Waals surface area contributed by atoms with E-state index in [2.05, 4.69) is 49.1 Å². The number of aliphatic hydroxyl groups is 1. The number of allylic oxidation sites excluding steroid dienone is 3. The van der Waals surface area contributed by atoms with Gasteiger partial charge in [-0.15, -0.1) is 0 Å². The van der Waals surface area contributed by atoms with Crippen LogP contribution in [0.2, 0.25) is 5.02 Å². The molecule has 3 aliphatic rings. The van der Waals surface area contributed by atoms with Gasteiger partial charge in [0.1, 0.15) is 70.0 Å². The summed E-state index contributed by atoms with van der Waals surface area (Å²) >= 11 is 9.99. The molecule has 3 heterocycles. The van der Waals surface area contributed by atoms with Crippen LogP contribution >= 0.6 is 27.5 Å². The minimum atomic E-state index is -1.97. The lowest BCUT2D eigenvalue weighted by atomic mass is 9.83. The van der Waals surface area contributed by atoms with Gasteiger partial charge >= 0.3 is 24.1 Å². The number of primary amides is 1. The number of likely N-dealkylation sites (N-methyl/N-ethyl adjacent to an activating group) is 1. The second kappa shape index (κ2) is 31.7. The van der Waals surface area contributed by atoms with E-state index >= 15 is 8.78 Å². The number of hydrogen-bond donors (Lipinski definition) is 7. The lowest BCUT2D eigenvalue weighted by Gasteiger charge is -2.42. The smallest absolute Gasteiger partial charge is 0.409 e. The highest BCUT2D eigenvalue weighted by Gasteiger charge is 2.64. The number of rotatable bonds is 24. The minimum Gasteiger partial charge on any atom is -0.495 e. The fourth-order valence-corrected chi connectivity index (χ4v) is 11.0. The van der Waals surface area contributed by atoms with Crippen LogP contribution in [0.4, 0.5) is 29.7 Å². The van der Waals surface area contributed by atoms with Gasteiger partial charge in [-0.3, -0.25) is 29.3 Å². The van der Waals surface area contributed by atoms with E-state index in [1.807, 2.05) is 6.92 Å². The molecular formula is C62H84BrClF2N8O16. The first-order chi connectivity index (χ1) is 42.1. The van der Waals surface area contributed by atoms with Crippen molar-refractivity contribution in [3.63, 3.8) is 0 Å². The van der Waals surface area contributed by atoms with Crippen molar-refractivity contribution in [3.8, 4) is 5.75 Å². The summed E-state index contributed by atoms with van der Waals surface area (Å²) in [5.74, 6) is -9.40. The fraction of sp³-hybridized carbons (Fsp3) is 0.565. The number of alkyl carbamates (subject to hydrolysis) is 1. The maximum Gasteiger partial charge on any atom is 0.409 e. The lowest BCUT2D eigenvalue weighted by molar-refractivity contribution is -0.158. The highest BCUT2D eigenvalue weighted by atomic mass is 79.9. The Bertz CT molecular complexity index is 3110. The number of ether oxygens (including phenoxy) is 6. The van der Waals surface area contributed by atoms with E-state index in [0.717, 1.165) is 17.5 Å². The third kappa shape index (κ3) is 19.2. The van der Waals surface area contributed by atoms with E-state index in [1.54, 1.807) is 71.9 Å². The summed E-state index contributed by atoms with van der Waals surface area (Å²) in [6.07, 6.45) is 0.485. The van der Waals surface area contributed by atoms with Gasteiger partial charge in [0, 0.05) is 63.5 Å². The molecule has 8 amide bonds. The SMILES string of the molecule is C=C(CBr)C(=O)OC(C)(C)CCCCC(=O)N[C@H](C(=O)N[C@@H](CCCNC(N)=O)C(=O)Nc1cc(F)c(C(=O)N(C)[C@@H](C)C(=O)O[C@H]2CC(=O)N(C)c3cc(cc(OC)c3Cl)C/C(C)=C/C=C/[C@@H](OC)[C@@]3(O)C[C@H](OC(=O)N3)[C@@H](C)[C@@H]3O[C@@]23C)cc1F)C(C)C. The van der Waals surface area contributed by atoms with Crippen LogP contribution in [0.5, 0.6) is 5.75 Å². The van der Waals surface area contributed by atoms with Crippen LogP contribution in [0.1, 0.15) is 123 Å². The molecule has 0 aromatic heterocycles. The molecule has 4 bridgehead atoms. The van der Waals surface area contributed by atoms with E-state index in [1.165, 1.54) is 33.1 Å². The molecule has 10 atom stereocenters. The van der Waals surface area contributed by atoms with Gasteiger partial charge < -0.3 is 70.3 Å². The van der Waals surface area contributed by atoms with Crippen molar-refractivity contribution in [1.29, 1.82) is 0 Å². The summed E-state index contributed by atoms with van der Waals surface area (Å²) in [4.78, 5) is 123. The van der Waals surface area contributed by atoms with Crippen molar-refractivity contribution in [2.24, 2.45) is 17.6 Å². The molecule has 2 aromatic rings. The molecule has 8 N–H and O–H groups in total. The van der Waals surface area contributed by atoms with E-state index in [4.69, 9.17) is 45.8 Å². The molecule has 5 rings (SSSR count). The van der Waals surface area contributed by atoms with Gasteiger partial charge in [0.05, 0.1) is 36.6 Å². The van der Waals surface area contributed by atoms with Gasteiger partial charge in [0.2, 0.25) is 23.6 Å². The molecule has 496 valence electrons. The third-order valence-electron chi connectivity index (χ3n) is 16.1.